The lowest BCUT2D eigenvalue weighted by molar-refractivity contribution is -0.130. The number of carbonyl (C=O) groups excluding carboxylic acids is 1. The maximum absolute atomic E-state index is 12.2. The van der Waals surface area contributed by atoms with Crippen LogP contribution >= 0.6 is 15.9 Å². The smallest absolute Gasteiger partial charge is 0.227 e. The van der Waals surface area contributed by atoms with Crippen LogP contribution in [0.15, 0.2) is 24.3 Å². The molecule has 1 atom stereocenters. The van der Waals surface area contributed by atoms with Gasteiger partial charge < -0.3 is 4.90 Å². The highest BCUT2D eigenvalue weighted by molar-refractivity contribution is 9.09. The van der Waals surface area contributed by atoms with Crippen LogP contribution in [0.2, 0.25) is 0 Å². The largest absolute Gasteiger partial charge is 0.339 e. The highest BCUT2D eigenvalue weighted by atomic mass is 79.9. The molecular formula is C14H18BrNO. The van der Waals surface area contributed by atoms with E-state index in [0.717, 1.165) is 30.3 Å². The highest BCUT2D eigenvalue weighted by Crippen LogP contribution is 2.20. The molecule has 1 saturated heterocycles. The molecule has 0 bridgehead atoms. The van der Waals surface area contributed by atoms with Crippen LogP contribution in [0.5, 0.6) is 0 Å². The number of aryl methyl sites for hydroxylation is 1. The molecule has 3 heteroatoms. The van der Waals surface area contributed by atoms with Crippen LogP contribution in [-0.4, -0.2) is 28.7 Å². The van der Waals surface area contributed by atoms with Crippen LogP contribution < -0.4 is 0 Å². The minimum absolute atomic E-state index is 0.265. The summed E-state index contributed by atoms with van der Waals surface area (Å²) in [6.07, 6.45) is 2.80. The number of amides is 1. The zero-order chi connectivity index (χ0) is 12.3. The molecular weight excluding hydrogens is 278 g/mol. The number of nitrogens with zero attached hydrogens (tertiary/aromatic N) is 1. The minimum Gasteiger partial charge on any atom is -0.339 e. The fraction of sp³-hybridized carbons (Fsp3) is 0.500. The van der Waals surface area contributed by atoms with Gasteiger partial charge in [-0.25, -0.2) is 0 Å². The van der Waals surface area contributed by atoms with Crippen LogP contribution in [0.3, 0.4) is 0 Å². The summed E-state index contributed by atoms with van der Waals surface area (Å²) < 4.78 is 0. The van der Waals surface area contributed by atoms with E-state index >= 15 is 0 Å². The van der Waals surface area contributed by atoms with E-state index in [0.29, 0.717) is 12.5 Å². The number of alkyl halides is 1. The van der Waals surface area contributed by atoms with E-state index in [2.05, 4.69) is 28.9 Å². The van der Waals surface area contributed by atoms with E-state index in [1.54, 1.807) is 0 Å². The van der Waals surface area contributed by atoms with Gasteiger partial charge in [0, 0.05) is 17.9 Å². The average Bonchev–Trinajstić information content (AvgIpc) is 2.80. The van der Waals surface area contributed by atoms with Crippen molar-refractivity contribution in [1.82, 2.24) is 4.90 Å². The van der Waals surface area contributed by atoms with Crippen molar-refractivity contribution in [2.45, 2.75) is 32.2 Å². The number of carbonyl (C=O) groups is 1. The van der Waals surface area contributed by atoms with Gasteiger partial charge in [0.15, 0.2) is 0 Å². The molecule has 0 aliphatic carbocycles. The maximum atomic E-state index is 12.2. The summed E-state index contributed by atoms with van der Waals surface area (Å²) in [5, 5.41) is 0.895. The van der Waals surface area contributed by atoms with Gasteiger partial charge in [-0.2, -0.15) is 0 Å². The molecule has 0 saturated carbocycles. The predicted octanol–water partition coefficient (Wildman–Crippen LogP) is 2.92. The number of hydrogen-bond acceptors (Lipinski definition) is 1. The molecule has 1 amide bonds. The van der Waals surface area contributed by atoms with Crippen molar-refractivity contribution in [2.75, 3.05) is 11.9 Å². The molecule has 0 radical (unpaired) electrons. The molecule has 2 nitrogen and oxygen atoms in total. The molecule has 0 aromatic heterocycles. The van der Waals surface area contributed by atoms with Gasteiger partial charge in [0.25, 0.3) is 0 Å². The molecule has 1 aliphatic rings. The molecule has 1 aromatic carbocycles. The van der Waals surface area contributed by atoms with Gasteiger partial charge in [-0.1, -0.05) is 40.2 Å². The standard InChI is InChI=1S/C14H18BrNO/c1-11-5-2-3-6-12(11)9-14(17)16-8-4-7-13(16)10-15/h2-3,5-6,13H,4,7-10H2,1H3. The van der Waals surface area contributed by atoms with Crippen LogP contribution in [0.1, 0.15) is 24.0 Å². The van der Waals surface area contributed by atoms with E-state index < -0.39 is 0 Å². The van der Waals surface area contributed by atoms with E-state index in [-0.39, 0.29) is 5.91 Å². The van der Waals surface area contributed by atoms with Gasteiger partial charge in [-0.3, -0.25) is 4.79 Å². The second-order valence-corrected chi connectivity index (χ2v) is 5.29. The first kappa shape index (κ1) is 12.6. The lowest BCUT2D eigenvalue weighted by Crippen LogP contribution is -2.37. The summed E-state index contributed by atoms with van der Waals surface area (Å²) >= 11 is 3.49. The summed E-state index contributed by atoms with van der Waals surface area (Å²) in [6.45, 7) is 2.98. The summed E-state index contributed by atoms with van der Waals surface area (Å²) in [4.78, 5) is 14.3. The lowest BCUT2D eigenvalue weighted by Gasteiger charge is -2.23. The Morgan fingerprint density at radius 2 is 2.24 bits per heavy atom. The molecule has 0 spiro atoms. The Bertz CT molecular complexity index is 405. The van der Waals surface area contributed by atoms with E-state index in [9.17, 15) is 4.79 Å². The van der Waals surface area contributed by atoms with Crippen molar-refractivity contribution in [3.05, 3.63) is 35.4 Å². The van der Waals surface area contributed by atoms with Gasteiger partial charge in [0.05, 0.1) is 6.42 Å². The quantitative estimate of drug-likeness (QED) is 0.785. The SMILES string of the molecule is Cc1ccccc1CC(=O)N1CCCC1CBr. The molecule has 1 unspecified atom stereocenters. The number of halogens is 1. The number of rotatable bonds is 3. The molecule has 1 aliphatic heterocycles. The topological polar surface area (TPSA) is 20.3 Å². The Kier molecular flexibility index (Phi) is 4.21. The summed E-state index contributed by atoms with van der Waals surface area (Å²) in [6, 6.07) is 8.52. The molecule has 1 aromatic rings. The van der Waals surface area contributed by atoms with Crippen molar-refractivity contribution >= 4 is 21.8 Å². The van der Waals surface area contributed by atoms with Crippen LogP contribution in [0.4, 0.5) is 0 Å². The summed E-state index contributed by atoms with van der Waals surface area (Å²) in [5.74, 6) is 0.265. The molecule has 0 N–H and O–H groups in total. The zero-order valence-electron chi connectivity index (χ0n) is 10.2. The zero-order valence-corrected chi connectivity index (χ0v) is 11.7. The maximum Gasteiger partial charge on any atom is 0.227 e. The number of hydrogen-bond donors (Lipinski definition) is 0. The predicted molar refractivity (Wildman–Crippen MR) is 73.4 cm³/mol. The third-order valence-electron chi connectivity index (χ3n) is 3.48. The normalized spacial score (nSPS) is 19.6. The van der Waals surface area contributed by atoms with E-state index in [4.69, 9.17) is 0 Å². The van der Waals surface area contributed by atoms with Crippen molar-refractivity contribution in [3.8, 4) is 0 Å². The monoisotopic (exact) mass is 295 g/mol. The fourth-order valence-electron chi connectivity index (χ4n) is 2.40. The van der Waals surface area contributed by atoms with Crippen molar-refractivity contribution in [3.63, 3.8) is 0 Å². The number of likely N-dealkylation sites (tertiary alicyclic amines) is 1. The molecule has 2 rings (SSSR count). The molecule has 1 heterocycles. The molecule has 1 fully saturated rings. The van der Waals surface area contributed by atoms with Crippen molar-refractivity contribution in [2.24, 2.45) is 0 Å². The molecule has 17 heavy (non-hydrogen) atoms. The van der Waals surface area contributed by atoms with Gasteiger partial charge in [0.1, 0.15) is 0 Å². The Morgan fingerprint density at radius 1 is 1.47 bits per heavy atom. The minimum atomic E-state index is 0.265. The van der Waals surface area contributed by atoms with E-state index in [1.165, 1.54) is 5.56 Å². The summed E-state index contributed by atoms with van der Waals surface area (Å²) in [7, 11) is 0. The first-order chi connectivity index (χ1) is 8.22. The third-order valence-corrected chi connectivity index (χ3v) is 4.23. The number of benzene rings is 1. The Morgan fingerprint density at radius 3 is 2.94 bits per heavy atom. The van der Waals surface area contributed by atoms with Gasteiger partial charge in [0.2, 0.25) is 5.91 Å². The first-order valence-corrected chi connectivity index (χ1v) is 7.24. The lowest BCUT2D eigenvalue weighted by atomic mass is 10.1. The summed E-state index contributed by atoms with van der Waals surface area (Å²) in [5.41, 5.74) is 2.35. The van der Waals surface area contributed by atoms with Crippen LogP contribution in [0, 0.1) is 6.92 Å². The van der Waals surface area contributed by atoms with Crippen molar-refractivity contribution in [1.29, 1.82) is 0 Å². The second kappa shape index (κ2) is 5.67. The van der Waals surface area contributed by atoms with Crippen LogP contribution in [-0.2, 0) is 11.2 Å². The Hall–Kier alpha value is -0.830. The van der Waals surface area contributed by atoms with Crippen LogP contribution in [0.25, 0.3) is 0 Å². The first-order valence-electron chi connectivity index (χ1n) is 6.12. The Balaban J connectivity index is 2.04. The van der Waals surface area contributed by atoms with Gasteiger partial charge >= 0.3 is 0 Å². The van der Waals surface area contributed by atoms with Gasteiger partial charge in [-0.15, -0.1) is 0 Å². The fourth-order valence-corrected chi connectivity index (χ4v) is 3.07. The third kappa shape index (κ3) is 2.89. The Labute approximate surface area is 111 Å². The van der Waals surface area contributed by atoms with Crippen molar-refractivity contribution < 1.29 is 4.79 Å². The van der Waals surface area contributed by atoms with Gasteiger partial charge in [-0.05, 0) is 30.9 Å². The molecule has 92 valence electrons. The average molecular weight is 296 g/mol. The van der Waals surface area contributed by atoms with E-state index in [1.807, 2.05) is 23.1 Å². The highest BCUT2D eigenvalue weighted by Gasteiger charge is 2.27. The second-order valence-electron chi connectivity index (χ2n) is 4.64.